The van der Waals surface area contributed by atoms with Crippen LogP contribution < -0.4 is 0 Å². The van der Waals surface area contributed by atoms with E-state index in [1.165, 1.54) is 51.6 Å². The summed E-state index contributed by atoms with van der Waals surface area (Å²) in [5.74, 6) is 0. The Bertz CT molecular complexity index is 480. The highest BCUT2D eigenvalue weighted by atomic mass is 15.1. The van der Waals surface area contributed by atoms with Crippen LogP contribution in [0.5, 0.6) is 0 Å². The van der Waals surface area contributed by atoms with Crippen LogP contribution in [0.4, 0.5) is 0 Å². The number of likely N-dealkylation sites (tertiary alicyclic amines) is 1. The van der Waals surface area contributed by atoms with Gasteiger partial charge in [-0.1, -0.05) is 30.7 Å². The Kier molecular flexibility index (Phi) is 2.21. The van der Waals surface area contributed by atoms with Crippen LogP contribution in [0.2, 0.25) is 0 Å². The Balaban J connectivity index is 1.90. The van der Waals surface area contributed by atoms with Crippen molar-refractivity contribution in [3.63, 3.8) is 0 Å². The third-order valence-corrected chi connectivity index (χ3v) is 6.17. The Morgan fingerprint density at radius 2 is 1.94 bits per heavy atom. The van der Waals surface area contributed by atoms with E-state index in [1.54, 1.807) is 11.1 Å². The standard InChI is InChI=1S/C17H23N/c1-18-12-11-17-9-4-8-16(17,13-18)10-7-14-5-2-3-6-15(14)17/h2-3,5-6H,4,7-13H2,1H3. The molecule has 1 saturated carbocycles. The Morgan fingerprint density at radius 1 is 1.06 bits per heavy atom. The maximum Gasteiger partial charge on any atom is 0.00436 e. The molecule has 1 heterocycles. The number of aryl methyl sites for hydroxylation is 1. The molecule has 0 amide bonds. The van der Waals surface area contributed by atoms with Gasteiger partial charge in [-0.25, -0.2) is 0 Å². The van der Waals surface area contributed by atoms with Crippen molar-refractivity contribution >= 4 is 0 Å². The minimum absolute atomic E-state index is 0.536. The second-order valence-electron chi connectivity index (χ2n) is 6.86. The number of hydrogen-bond donors (Lipinski definition) is 0. The summed E-state index contributed by atoms with van der Waals surface area (Å²) in [7, 11) is 2.32. The van der Waals surface area contributed by atoms with Crippen molar-refractivity contribution in [2.75, 3.05) is 20.1 Å². The van der Waals surface area contributed by atoms with Crippen LogP contribution in [-0.2, 0) is 11.8 Å². The van der Waals surface area contributed by atoms with Gasteiger partial charge in [-0.3, -0.25) is 0 Å². The SMILES string of the molecule is CN1CCC23CCCC2(CCc2ccccc23)C1. The molecule has 1 aromatic carbocycles. The Hall–Kier alpha value is -0.820. The molecular formula is C17H23N. The van der Waals surface area contributed by atoms with Crippen molar-refractivity contribution in [2.45, 2.75) is 43.9 Å². The zero-order valence-corrected chi connectivity index (χ0v) is 11.4. The lowest BCUT2D eigenvalue weighted by atomic mass is 9.53. The van der Waals surface area contributed by atoms with E-state index in [9.17, 15) is 0 Å². The van der Waals surface area contributed by atoms with Crippen molar-refractivity contribution in [1.29, 1.82) is 0 Å². The van der Waals surface area contributed by atoms with Crippen LogP contribution in [0, 0.1) is 5.41 Å². The normalized spacial score (nSPS) is 38.9. The van der Waals surface area contributed by atoms with Gasteiger partial charge in [-0.05, 0) is 62.2 Å². The highest BCUT2D eigenvalue weighted by Crippen LogP contribution is 2.63. The molecule has 1 aliphatic heterocycles. The summed E-state index contributed by atoms with van der Waals surface area (Å²) < 4.78 is 0. The predicted octanol–water partition coefficient (Wildman–Crippen LogP) is 3.38. The highest BCUT2D eigenvalue weighted by Gasteiger charge is 2.59. The van der Waals surface area contributed by atoms with Gasteiger partial charge >= 0.3 is 0 Å². The summed E-state index contributed by atoms with van der Waals surface area (Å²) in [5.41, 5.74) is 4.52. The van der Waals surface area contributed by atoms with Crippen LogP contribution in [-0.4, -0.2) is 25.0 Å². The van der Waals surface area contributed by atoms with Crippen molar-refractivity contribution in [3.05, 3.63) is 35.4 Å². The number of hydrogen-bond acceptors (Lipinski definition) is 1. The van der Waals surface area contributed by atoms with E-state index in [2.05, 4.69) is 36.2 Å². The van der Waals surface area contributed by atoms with Gasteiger partial charge in [0.05, 0.1) is 0 Å². The van der Waals surface area contributed by atoms with Gasteiger partial charge in [0.15, 0.2) is 0 Å². The zero-order chi connectivity index (χ0) is 12.2. The van der Waals surface area contributed by atoms with Gasteiger partial charge in [0, 0.05) is 12.0 Å². The van der Waals surface area contributed by atoms with Crippen molar-refractivity contribution in [1.82, 2.24) is 4.90 Å². The molecule has 2 fully saturated rings. The van der Waals surface area contributed by atoms with E-state index in [0.29, 0.717) is 10.8 Å². The second kappa shape index (κ2) is 3.60. The quantitative estimate of drug-likeness (QED) is 0.673. The van der Waals surface area contributed by atoms with E-state index in [0.717, 1.165) is 0 Å². The molecule has 2 atom stereocenters. The molecule has 2 aliphatic carbocycles. The van der Waals surface area contributed by atoms with E-state index in [-0.39, 0.29) is 0 Å². The summed E-state index contributed by atoms with van der Waals surface area (Å²) >= 11 is 0. The average Bonchev–Trinajstić information content (AvgIpc) is 2.78. The topological polar surface area (TPSA) is 3.24 Å². The lowest BCUT2D eigenvalue weighted by molar-refractivity contribution is 0.0192. The molecule has 96 valence electrons. The molecular weight excluding hydrogens is 218 g/mol. The molecule has 3 aliphatic rings. The van der Waals surface area contributed by atoms with E-state index in [1.807, 2.05) is 0 Å². The summed E-state index contributed by atoms with van der Waals surface area (Å²) in [5, 5.41) is 0. The molecule has 1 saturated heterocycles. The lowest BCUT2D eigenvalue weighted by Crippen LogP contribution is -2.56. The number of benzene rings is 1. The summed E-state index contributed by atoms with van der Waals surface area (Å²) in [6.45, 7) is 2.62. The van der Waals surface area contributed by atoms with Gasteiger partial charge in [0.1, 0.15) is 0 Å². The van der Waals surface area contributed by atoms with Gasteiger partial charge in [0.25, 0.3) is 0 Å². The van der Waals surface area contributed by atoms with Crippen LogP contribution in [0.25, 0.3) is 0 Å². The lowest BCUT2D eigenvalue weighted by Gasteiger charge is -2.56. The van der Waals surface area contributed by atoms with Crippen molar-refractivity contribution in [2.24, 2.45) is 5.41 Å². The zero-order valence-electron chi connectivity index (χ0n) is 11.4. The highest BCUT2D eigenvalue weighted by molar-refractivity contribution is 5.42. The smallest absolute Gasteiger partial charge is 0.00436 e. The van der Waals surface area contributed by atoms with Crippen LogP contribution in [0.1, 0.15) is 43.2 Å². The first-order valence-corrected chi connectivity index (χ1v) is 7.53. The molecule has 0 bridgehead atoms. The van der Waals surface area contributed by atoms with Gasteiger partial charge in [-0.2, -0.15) is 0 Å². The maximum atomic E-state index is 2.58. The van der Waals surface area contributed by atoms with Gasteiger partial charge < -0.3 is 4.90 Å². The van der Waals surface area contributed by atoms with Crippen molar-refractivity contribution < 1.29 is 0 Å². The number of fused-ring (bicyclic) bond motifs is 1. The third-order valence-electron chi connectivity index (χ3n) is 6.17. The fourth-order valence-corrected chi connectivity index (χ4v) is 5.41. The maximum absolute atomic E-state index is 2.58. The first-order valence-electron chi connectivity index (χ1n) is 7.53. The molecule has 1 aromatic rings. The summed E-state index contributed by atoms with van der Waals surface area (Å²) in [6.07, 6.45) is 8.48. The predicted molar refractivity (Wildman–Crippen MR) is 74.8 cm³/mol. The van der Waals surface area contributed by atoms with Gasteiger partial charge in [0.2, 0.25) is 0 Å². The Morgan fingerprint density at radius 3 is 2.89 bits per heavy atom. The van der Waals surface area contributed by atoms with Crippen LogP contribution >= 0.6 is 0 Å². The average molecular weight is 241 g/mol. The number of nitrogens with zero attached hydrogens (tertiary/aromatic N) is 1. The van der Waals surface area contributed by atoms with E-state index in [4.69, 9.17) is 0 Å². The summed E-state index contributed by atoms with van der Waals surface area (Å²) in [6, 6.07) is 9.32. The molecule has 18 heavy (non-hydrogen) atoms. The molecule has 0 radical (unpaired) electrons. The molecule has 1 heteroatoms. The van der Waals surface area contributed by atoms with Crippen LogP contribution in [0.15, 0.2) is 24.3 Å². The van der Waals surface area contributed by atoms with Gasteiger partial charge in [-0.15, -0.1) is 0 Å². The molecule has 0 N–H and O–H groups in total. The minimum Gasteiger partial charge on any atom is -0.306 e. The second-order valence-corrected chi connectivity index (χ2v) is 6.86. The molecule has 0 spiro atoms. The molecule has 0 aromatic heterocycles. The van der Waals surface area contributed by atoms with E-state index >= 15 is 0 Å². The number of piperidine rings is 1. The monoisotopic (exact) mass is 241 g/mol. The fourth-order valence-electron chi connectivity index (χ4n) is 5.41. The largest absolute Gasteiger partial charge is 0.306 e. The summed E-state index contributed by atoms with van der Waals surface area (Å²) in [4.78, 5) is 2.58. The third kappa shape index (κ3) is 1.21. The minimum atomic E-state index is 0.536. The molecule has 2 unspecified atom stereocenters. The molecule has 4 rings (SSSR count). The first-order chi connectivity index (χ1) is 8.76. The van der Waals surface area contributed by atoms with Crippen LogP contribution in [0.3, 0.4) is 0 Å². The van der Waals surface area contributed by atoms with Crippen molar-refractivity contribution in [3.8, 4) is 0 Å². The van der Waals surface area contributed by atoms with E-state index < -0.39 is 0 Å². The Labute approximate surface area is 110 Å². The number of rotatable bonds is 0. The first kappa shape index (κ1) is 11.0. The fraction of sp³-hybridized carbons (Fsp3) is 0.647. The molecule has 1 nitrogen and oxygen atoms in total.